The van der Waals surface area contributed by atoms with Crippen LogP contribution in [0.25, 0.3) is 22.2 Å². The minimum Gasteiger partial charge on any atom is -0.439 e. The van der Waals surface area contributed by atoms with E-state index in [4.69, 9.17) is 14.8 Å². The Morgan fingerprint density at radius 1 is 1.12 bits per heavy atom. The number of aliphatic hydroxyl groups excluding tert-OH is 1. The number of carbonyl (C=O) groups is 1. The third kappa shape index (κ3) is 3.89. The highest BCUT2D eigenvalue weighted by atomic mass is 16.5. The highest BCUT2D eigenvalue weighted by Gasteiger charge is 2.44. The summed E-state index contributed by atoms with van der Waals surface area (Å²) in [5, 5.41) is 17.0. The van der Waals surface area contributed by atoms with Gasteiger partial charge >= 0.3 is 0 Å². The van der Waals surface area contributed by atoms with Crippen molar-refractivity contribution in [1.82, 2.24) is 30.0 Å². The summed E-state index contributed by atoms with van der Waals surface area (Å²) in [5.41, 5.74) is 3.77. The highest BCUT2D eigenvalue weighted by Crippen LogP contribution is 2.32. The van der Waals surface area contributed by atoms with Gasteiger partial charge in [0.05, 0.1) is 16.9 Å². The summed E-state index contributed by atoms with van der Waals surface area (Å²) in [4.78, 5) is 25.3. The van der Waals surface area contributed by atoms with Gasteiger partial charge in [-0.05, 0) is 42.8 Å². The number of hydrogen-bond donors (Lipinski definition) is 2. The van der Waals surface area contributed by atoms with Crippen molar-refractivity contribution in [3.63, 3.8) is 0 Å². The Morgan fingerprint density at radius 2 is 2.06 bits per heavy atom. The van der Waals surface area contributed by atoms with Crippen LogP contribution in [0.15, 0.2) is 60.9 Å². The SMILES string of the molecule is O=C(CO)N1C[C@@H]2C[C@H]1CN2Cc1ccc2cc(Oc3ccc(-c4ccn[nH]4)cn3)ccc2n1. The molecule has 1 aromatic carbocycles. The largest absolute Gasteiger partial charge is 0.439 e. The van der Waals surface area contributed by atoms with E-state index in [1.54, 1.807) is 12.4 Å². The molecule has 9 heteroatoms. The van der Waals surface area contributed by atoms with E-state index in [0.29, 0.717) is 24.2 Å². The summed E-state index contributed by atoms with van der Waals surface area (Å²) in [5.74, 6) is 1.05. The number of piperazine rings is 1. The fourth-order valence-corrected chi connectivity index (χ4v) is 4.98. The van der Waals surface area contributed by atoms with Gasteiger partial charge < -0.3 is 14.7 Å². The molecule has 2 saturated heterocycles. The minimum absolute atomic E-state index is 0.169. The third-order valence-electron chi connectivity index (χ3n) is 6.66. The number of amides is 1. The first kappa shape index (κ1) is 20.8. The van der Waals surface area contributed by atoms with E-state index in [0.717, 1.165) is 47.4 Å². The summed E-state index contributed by atoms with van der Waals surface area (Å²) in [6.07, 6.45) is 4.43. The van der Waals surface area contributed by atoms with Crippen LogP contribution in [0.1, 0.15) is 12.1 Å². The number of fused-ring (bicyclic) bond motifs is 3. The zero-order valence-electron chi connectivity index (χ0n) is 18.5. The molecule has 2 atom stereocenters. The lowest BCUT2D eigenvalue weighted by Crippen LogP contribution is -2.49. The number of benzene rings is 1. The van der Waals surface area contributed by atoms with Gasteiger partial charge in [-0.25, -0.2) is 4.98 Å². The highest BCUT2D eigenvalue weighted by molar-refractivity contribution is 5.80. The van der Waals surface area contributed by atoms with Gasteiger partial charge in [0.15, 0.2) is 0 Å². The van der Waals surface area contributed by atoms with E-state index in [-0.39, 0.29) is 11.9 Å². The first-order chi connectivity index (χ1) is 16.7. The maximum Gasteiger partial charge on any atom is 0.248 e. The third-order valence-corrected chi connectivity index (χ3v) is 6.66. The molecule has 0 radical (unpaired) electrons. The maximum atomic E-state index is 11.8. The number of nitrogens with zero attached hydrogens (tertiary/aromatic N) is 5. The summed E-state index contributed by atoms with van der Waals surface area (Å²) in [7, 11) is 0. The van der Waals surface area contributed by atoms with Crippen LogP contribution < -0.4 is 4.74 Å². The van der Waals surface area contributed by atoms with Crippen molar-refractivity contribution in [1.29, 1.82) is 0 Å². The molecule has 2 N–H and O–H groups in total. The van der Waals surface area contributed by atoms with Gasteiger partial charge in [-0.15, -0.1) is 0 Å². The number of ether oxygens (including phenoxy) is 1. The van der Waals surface area contributed by atoms with Gasteiger partial charge in [0.2, 0.25) is 11.8 Å². The molecule has 3 aromatic heterocycles. The van der Waals surface area contributed by atoms with Crippen molar-refractivity contribution >= 4 is 16.8 Å². The molecule has 9 nitrogen and oxygen atoms in total. The van der Waals surface area contributed by atoms with Crippen LogP contribution in [0.3, 0.4) is 0 Å². The average Bonchev–Trinajstić information content (AvgIpc) is 3.62. The van der Waals surface area contributed by atoms with Crippen LogP contribution in [0.5, 0.6) is 11.6 Å². The molecular weight excluding hydrogens is 432 g/mol. The van der Waals surface area contributed by atoms with Crippen molar-refractivity contribution in [3.05, 3.63) is 66.6 Å². The number of aromatic amines is 1. The van der Waals surface area contributed by atoms with Gasteiger partial charge in [-0.3, -0.25) is 19.8 Å². The molecule has 2 aliphatic rings. The Bertz CT molecular complexity index is 1320. The second-order valence-electron chi connectivity index (χ2n) is 8.79. The molecule has 34 heavy (non-hydrogen) atoms. The first-order valence-electron chi connectivity index (χ1n) is 11.3. The van der Waals surface area contributed by atoms with Crippen LogP contribution in [0.4, 0.5) is 0 Å². The fraction of sp³-hybridized carbons (Fsp3) is 0.280. The van der Waals surface area contributed by atoms with E-state index < -0.39 is 6.61 Å². The standard InChI is InChI=1S/C25H24N6O3/c32-15-25(33)31-14-19-10-20(31)13-30(19)12-18-3-1-16-9-21(4-5-22(16)28-18)34-24-6-2-17(11-26-24)23-7-8-27-29-23/h1-9,11,19-20,32H,10,12-15H2,(H,27,29)/t19-,20-/m0/s1. The molecule has 0 saturated carbocycles. The van der Waals surface area contributed by atoms with Crippen LogP contribution in [0.2, 0.25) is 0 Å². The van der Waals surface area contributed by atoms with Crippen LogP contribution >= 0.6 is 0 Å². The minimum atomic E-state index is -0.409. The van der Waals surface area contributed by atoms with Crippen LogP contribution in [-0.2, 0) is 11.3 Å². The zero-order valence-corrected chi connectivity index (χ0v) is 18.5. The van der Waals surface area contributed by atoms with E-state index in [2.05, 4.69) is 26.1 Å². The quantitative estimate of drug-likeness (QED) is 0.459. The Labute approximate surface area is 196 Å². The number of likely N-dealkylation sites (tertiary alicyclic amines) is 2. The molecule has 1 amide bonds. The molecule has 0 aliphatic carbocycles. The predicted molar refractivity (Wildman–Crippen MR) is 125 cm³/mol. The van der Waals surface area contributed by atoms with E-state index in [1.165, 1.54) is 0 Å². The van der Waals surface area contributed by atoms with Gasteiger partial charge in [0.1, 0.15) is 12.4 Å². The number of H-pyrrole nitrogens is 1. The smallest absolute Gasteiger partial charge is 0.248 e. The lowest BCUT2D eigenvalue weighted by atomic mass is 10.2. The topological polar surface area (TPSA) is 107 Å². The van der Waals surface area contributed by atoms with Gasteiger partial charge in [-0.2, -0.15) is 5.10 Å². The molecule has 2 aliphatic heterocycles. The molecule has 172 valence electrons. The van der Waals surface area contributed by atoms with Crippen molar-refractivity contribution < 1.29 is 14.6 Å². The Kier molecular flexibility index (Phi) is 5.20. The number of pyridine rings is 2. The molecule has 6 rings (SSSR count). The Morgan fingerprint density at radius 3 is 2.79 bits per heavy atom. The maximum absolute atomic E-state index is 11.8. The summed E-state index contributed by atoms with van der Waals surface area (Å²) in [6.45, 7) is 1.86. The summed E-state index contributed by atoms with van der Waals surface area (Å²) in [6, 6.07) is 16.1. The van der Waals surface area contributed by atoms with E-state index in [9.17, 15) is 4.79 Å². The van der Waals surface area contributed by atoms with Crippen molar-refractivity contribution in [2.75, 3.05) is 19.7 Å². The average molecular weight is 457 g/mol. The van der Waals surface area contributed by atoms with Crippen molar-refractivity contribution in [2.24, 2.45) is 0 Å². The second-order valence-corrected chi connectivity index (χ2v) is 8.79. The number of nitrogens with one attached hydrogen (secondary N) is 1. The number of carbonyl (C=O) groups excluding carboxylic acids is 1. The molecule has 0 spiro atoms. The number of aromatic nitrogens is 4. The molecule has 2 fully saturated rings. The number of rotatable bonds is 6. The molecule has 0 unspecified atom stereocenters. The molecule has 5 heterocycles. The van der Waals surface area contributed by atoms with E-state index >= 15 is 0 Å². The Balaban J connectivity index is 1.12. The normalized spacial score (nSPS) is 19.7. The zero-order chi connectivity index (χ0) is 23.1. The summed E-state index contributed by atoms with van der Waals surface area (Å²) >= 11 is 0. The molecule has 2 bridgehead atoms. The lowest BCUT2D eigenvalue weighted by Gasteiger charge is -2.33. The number of aliphatic hydroxyl groups is 1. The van der Waals surface area contributed by atoms with Gasteiger partial charge in [-0.1, -0.05) is 6.07 Å². The monoisotopic (exact) mass is 456 g/mol. The van der Waals surface area contributed by atoms with Crippen molar-refractivity contribution in [2.45, 2.75) is 25.0 Å². The van der Waals surface area contributed by atoms with Gasteiger partial charge in [0.25, 0.3) is 0 Å². The van der Waals surface area contributed by atoms with Crippen LogP contribution in [-0.4, -0.2) is 72.8 Å². The van der Waals surface area contributed by atoms with E-state index in [1.807, 2.05) is 47.4 Å². The summed E-state index contributed by atoms with van der Waals surface area (Å²) < 4.78 is 5.95. The lowest BCUT2D eigenvalue weighted by molar-refractivity contribution is -0.136. The van der Waals surface area contributed by atoms with Gasteiger partial charge in [0, 0.05) is 61.1 Å². The fourth-order valence-electron chi connectivity index (χ4n) is 4.98. The molecular formula is C25H24N6O3. The number of hydrogen-bond acceptors (Lipinski definition) is 7. The predicted octanol–water partition coefficient (Wildman–Crippen LogP) is 2.59. The van der Waals surface area contributed by atoms with Crippen LogP contribution in [0, 0.1) is 0 Å². The molecule has 4 aromatic rings. The Hall–Kier alpha value is -3.82. The van der Waals surface area contributed by atoms with Crippen molar-refractivity contribution in [3.8, 4) is 22.9 Å². The second kappa shape index (κ2) is 8.51. The first-order valence-corrected chi connectivity index (χ1v) is 11.3.